The van der Waals surface area contributed by atoms with Crippen LogP contribution in [0.2, 0.25) is 0 Å². The Morgan fingerprint density at radius 1 is 0.950 bits per heavy atom. The molecule has 8 N–H and O–H groups in total. The Hall–Kier alpha value is -4.19. The number of nitrogens with one attached hydrogen (secondary N) is 5. The SMILES string of the molecule is CCC(C)C(NC(=O)C(Cc1cnc[nH]1)NC(=O)C(N)C(C)C)C(=O)NC(Cc1c[nH]c2ccccc12)C(=O)O. The summed E-state index contributed by atoms with van der Waals surface area (Å²) in [5, 5.41) is 18.8. The van der Waals surface area contributed by atoms with Gasteiger partial charge in [0.1, 0.15) is 18.1 Å². The van der Waals surface area contributed by atoms with Crippen LogP contribution in [0, 0.1) is 11.8 Å². The molecule has 0 saturated heterocycles. The lowest BCUT2D eigenvalue weighted by Gasteiger charge is -2.28. The second kappa shape index (κ2) is 13.7. The fourth-order valence-corrected chi connectivity index (χ4v) is 4.33. The van der Waals surface area contributed by atoms with Crippen LogP contribution < -0.4 is 21.7 Å². The van der Waals surface area contributed by atoms with Crippen LogP contribution in [0.25, 0.3) is 10.9 Å². The topological polar surface area (TPSA) is 195 Å². The molecular weight excluding hydrogens is 514 g/mol. The molecule has 12 heteroatoms. The number of aromatic nitrogens is 3. The Morgan fingerprint density at radius 2 is 1.65 bits per heavy atom. The van der Waals surface area contributed by atoms with Crippen LogP contribution in [-0.2, 0) is 32.0 Å². The van der Waals surface area contributed by atoms with E-state index >= 15 is 0 Å². The lowest BCUT2D eigenvalue weighted by Crippen LogP contribution is -2.59. The summed E-state index contributed by atoms with van der Waals surface area (Å²) in [4.78, 5) is 61.7. The van der Waals surface area contributed by atoms with E-state index in [2.05, 4.69) is 30.9 Å². The Labute approximate surface area is 232 Å². The number of fused-ring (bicyclic) bond motifs is 1. The highest BCUT2D eigenvalue weighted by Crippen LogP contribution is 2.19. The van der Waals surface area contributed by atoms with E-state index in [4.69, 9.17) is 5.73 Å². The van der Waals surface area contributed by atoms with Gasteiger partial charge in [0.15, 0.2) is 0 Å². The van der Waals surface area contributed by atoms with Crippen molar-refractivity contribution in [2.45, 2.75) is 71.1 Å². The number of aromatic amines is 2. The van der Waals surface area contributed by atoms with E-state index in [0.29, 0.717) is 12.1 Å². The molecule has 0 aliphatic heterocycles. The summed E-state index contributed by atoms with van der Waals surface area (Å²) in [6, 6.07) is 3.36. The van der Waals surface area contributed by atoms with E-state index < -0.39 is 47.9 Å². The van der Waals surface area contributed by atoms with Gasteiger partial charge < -0.3 is 36.8 Å². The lowest BCUT2D eigenvalue weighted by molar-refractivity contribution is -0.142. The molecule has 2 heterocycles. The Bertz CT molecular complexity index is 1300. The molecule has 0 aliphatic carbocycles. The van der Waals surface area contributed by atoms with Gasteiger partial charge >= 0.3 is 5.97 Å². The number of H-pyrrole nitrogens is 2. The van der Waals surface area contributed by atoms with Gasteiger partial charge in [0.05, 0.1) is 12.4 Å². The number of hydrogen-bond acceptors (Lipinski definition) is 6. The fourth-order valence-electron chi connectivity index (χ4n) is 4.33. The Kier molecular flexibility index (Phi) is 10.4. The summed E-state index contributed by atoms with van der Waals surface area (Å²) >= 11 is 0. The van der Waals surface area contributed by atoms with Gasteiger partial charge in [-0.1, -0.05) is 52.3 Å². The summed E-state index contributed by atoms with van der Waals surface area (Å²) in [7, 11) is 0. The van der Waals surface area contributed by atoms with Crippen molar-refractivity contribution in [3.8, 4) is 0 Å². The number of aliphatic carboxylic acids is 1. The molecule has 216 valence electrons. The van der Waals surface area contributed by atoms with Gasteiger partial charge in [0, 0.05) is 41.8 Å². The molecule has 0 bridgehead atoms. The summed E-state index contributed by atoms with van der Waals surface area (Å²) < 4.78 is 0. The zero-order valence-electron chi connectivity index (χ0n) is 23.2. The highest BCUT2D eigenvalue weighted by Gasteiger charge is 2.33. The highest BCUT2D eigenvalue weighted by molar-refractivity contribution is 5.94. The molecule has 0 fully saturated rings. The number of amides is 3. The molecule has 0 aliphatic rings. The molecule has 3 rings (SSSR count). The maximum absolute atomic E-state index is 13.5. The number of rotatable bonds is 14. The molecule has 3 aromatic rings. The molecule has 0 spiro atoms. The first-order valence-electron chi connectivity index (χ1n) is 13.4. The van der Waals surface area contributed by atoms with Crippen molar-refractivity contribution in [1.82, 2.24) is 30.9 Å². The lowest BCUT2D eigenvalue weighted by atomic mass is 9.96. The molecule has 0 radical (unpaired) electrons. The number of carboxylic acids is 1. The van der Waals surface area contributed by atoms with E-state index in [1.165, 1.54) is 12.5 Å². The monoisotopic (exact) mass is 553 g/mol. The first kappa shape index (κ1) is 30.4. The van der Waals surface area contributed by atoms with Crippen molar-refractivity contribution in [3.05, 3.63) is 54.2 Å². The van der Waals surface area contributed by atoms with E-state index in [1.54, 1.807) is 27.0 Å². The second-order valence-electron chi connectivity index (χ2n) is 10.4. The number of carbonyl (C=O) groups is 4. The van der Waals surface area contributed by atoms with Crippen LogP contribution in [0.15, 0.2) is 43.0 Å². The number of para-hydroxylation sites is 1. The van der Waals surface area contributed by atoms with Gasteiger partial charge in [0.2, 0.25) is 17.7 Å². The average Bonchev–Trinajstić information content (AvgIpc) is 3.59. The first-order valence-corrected chi connectivity index (χ1v) is 13.4. The van der Waals surface area contributed by atoms with Crippen LogP contribution in [0.3, 0.4) is 0 Å². The standard InChI is InChI=1S/C28H39N7O5/c1-5-16(4)24(27(38)34-22(28(39)40)10-17-12-31-20-9-7-6-8-19(17)20)35-25(36)21(11-18-13-30-14-32-18)33-26(37)23(29)15(2)3/h6-9,12-16,21-24,31H,5,10-11,29H2,1-4H3,(H,30,32)(H,33,37)(H,34,38)(H,35,36)(H,39,40). The second-order valence-corrected chi connectivity index (χ2v) is 10.4. The van der Waals surface area contributed by atoms with Gasteiger partial charge in [-0.15, -0.1) is 0 Å². The van der Waals surface area contributed by atoms with Crippen LogP contribution in [0.4, 0.5) is 0 Å². The summed E-state index contributed by atoms with van der Waals surface area (Å²) in [5.41, 5.74) is 8.20. The van der Waals surface area contributed by atoms with Crippen molar-refractivity contribution < 1.29 is 24.3 Å². The highest BCUT2D eigenvalue weighted by atomic mass is 16.4. The van der Waals surface area contributed by atoms with Crippen molar-refractivity contribution >= 4 is 34.6 Å². The minimum Gasteiger partial charge on any atom is -0.480 e. The van der Waals surface area contributed by atoms with Crippen LogP contribution in [0.1, 0.15) is 45.4 Å². The van der Waals surface area contributed by atoms with Crippen LogP contribution >= 0.6 is 0 Å². The number of imidazole rings is 1. The molecule has 12 nitrogen and oxygen atoms in total. The molecule has 40 heavy (non-hydrogen) atoms. The number of nitrogens with zero attached hydrogens (tertiary/aromatic N) is 1. The van der Waals surface area contributed by atoms with Crippen LogP contribution in [-0.4, -0.2) is 67.9 Å². The molecule has 1 aromatic carbocycles. The van der Waals surface area contributed by atoms with Gasteiger partial charge in [-0.25, -0.2) is 9.78 Å². The molecule has 2 aromatic heterocycles. The van der Waals surface area contributed by atoms with Gasteiger partial charge in [-0.3, -0.25) is 14.4 Å². The van der Waals surface area contributed by atoms with Crippen molar-refractivity contribution in [3.63, 3.8) is 0 Å². The fraction of sp³-hybridized carbons (Fsp3) is 0.464. The molecule has 3 amide bonds. The molecule has 5 atom stereocenters. The van der Waals surface area contributed by atoms with Crippen LogP contribution in [0.5, 0.6) is 0 Å². The molecule has 0 saturated carbocycles. The summed E-state index contributed by atoms with van der Waals surface area (Å²) in [5.74, 6) is -3.39. The third kappa shape index (κ3) is 7.69. The van der Waals surface area contributed by atoms with E-state index in [0.717, 1.165) is 16.5 Å². The number of benzene rings is 1. The normalized spacial score (nSPS) is 15.2. The first-order chi connectivity index (χ1) is 19.0. The zero-order valence-corrected chi connectivity index (χ0v) is 23.2. The van der Waals surface area contributed by atoms with Crippen molar-refractivity contribution in [2.24, 2.45) is 17.6 Å². The predicted octanol–water partition coefficient (Wildman–Crippen LogP) is 1.24. The number of hydrogen-bond donors (Lipinski definition) is 7. The smallest absolute Gasteiger partial charge is 0.326 e. The Morgan fingerprint density at radius 3 is 2.27 bits per heavy atom. The average molecular weight is 554 g/mol. The minimum absolute atomic E-state index is 0.0534. The largest absolute Gasteiger partial charge is 0.480 e. The van der Waals surface area contributed by atoms with Gasteiger partial charge in [-0.2, -0.15) is 0 Å². The summed E-state index contributed by atoms with van der Waals surface area (Å²) in [6.07, 6.45) is 5.41. The van der Waals surface area contributed by atoms with E-state index in [9.17, 15) is 24.3 Å². The number of carbonyl (C=O) groups excluding carboxylic acids is 3. The van der Waals surface area contributed by atoms with Crippen molar-refractivity contribution in [1.29, 1.82) is 0 Å². The Balaban J connectivity index is 1.78. The molecule has 5 unspecified atom stereocenters. The predicted molar refractivity (Wildman–Crippen MR) is 150 cm³/mol. The third-order valence-electron chi connectivity index (χ3n) is 7.14. The summed E-state index contributed by atoms with van der Waals surface area (Å²) in [6.45, 7) is 7.25. The van der Waals surface area contributed by atoms with Crippen molar-refractivity contribution in [2.75, 3.05) is 0 Å². The third-order valence-corrected chi connectivity index (χ3v) is 7.14. The zero-order chi connectivity index (χ0) is 29.4. The quantitative estimate of drug-likeness (QED) is 0.156. The van der Waals surface area contributed by atoms with Gasteiger partial charge in [-0.05, 0) is 23.5 Å². The number of nitrogens with two attached hydrogens (primary N) is 1. The molecular formula is C28H39N7O5. The minimum atomic E-state index is -1.22. The van der Waals surface area contributed by atoms with E-state index in [-0.39, 0.29) is 24.7 Å². The number of carboxylic acid groups (broad SMARTS) is 1. The van der Waals surface area contributed by atoms with Gasteiger partial charge in [0.25, 0.3) is 0 Å². The maximum Gasteiger partial charge on any atom is 0.326 e. The maximum atomic E-state index is 13.5. The van der Waals surface area contributed by atoms with E-state index in [1.807, 2.05) is 31.2 Å².